The summed E-state index contributed by atoms with van der Waals surface area (Å²) in [4.78, 5) is 40.0. The summed E-state index contributed by atoms with van der Waals surface area (Å²) in [7, 11) is 3.87. The zero-order chi connectivity index (χ0) is 27.3. The van der Waals surface area contributed by atoms with Crippen LogP contribution in [0.5, 0.6) is 0 Å². The van der Waals surface area contributed by atoms with Crippen molar-refractivity contribution in [1.82, 2.24) is 15.0 Å². The minimum Gasteiger partial charge on any atom is -0.358 e. The van der Waals surface area contributed by atoms with Gasteiger partial charge in [0.05, 0.1) is 37.9 Å². The lowest BCUT2D eigenvalue weighted by Crippen LogP contribution is -2.41. The predicted octanol–water partition coefficient (Wildman–Crippen LogP) is 4.05. The first-order chi connectivity index (χ1) is 18.1. The SMILES string of the molecule is C#Cc1cc(Nc2ncnc3cnc(NC(=O)/C=C/C[N+](C)(C)CC4=C([N+](=O)[O-])N=CC4)cc23)ccc1Br. The average Bonchev–Trinajstić information content (AvgIpc) is 3.33. The van der Waals surface area contributed by atoms with E-state index in [1.54, 1.807) is 24.6 Å². The van der Waals surface area contributed by atoms with E-state index in [9.17, 15) is 14.9 Å². The summed E-state index contributed by atoms with van der Waals surface area (Å²) in [5, 5.41) is 17.8. The highest BCUT2D eigenvalue weighted by Gasteiger charge is 2.28. The molecule has 38 heavy (non-hydrogen) atoms. The van der Waals surface area contributed by atoms with Crippen LogP contribution in [0.2, 0.25) is 0 Å². The highest BCUT2D eigenvalue weighted by atomic mass is 79.9. The minimum absolute atomic E-state index is 0.0882. The standard InChI is InChI=1S/C26H23BrN8O3/c1-4-17-12-19(7-8-21(17)27)32-25-20-13-23(29-14-22(20)30-16-31-25)33-24(36)6-5-11-35(2,3)15-18-9-10-28-26(18)34(37)38/h1,5-8,10,12-14,16H,9,11,15H2,2-3H3,(H-,29,30,31,32,33,36)/p+1/b6-5+. The lowest BCUT2D eigenvalue weighted by molar-refractivity contribution is -0.880. The maximum atomic E-state index is 12.6. The normalized spacial score (nSPS) is 13.2. The van der Waals surface area contributed by atoms with E-state index < -0.39 is 4.92 Å². The lowest BCUT2D eigenvalue weighted by atomic mass is 10.2. The van der Waals surface area contributed by atoms with Crippen LogP contribution in [0.25, 0.3) is 10.9 Å². The van der Waals surface area contributed by atoms with Gasteiger partial charge in [0, 0.05) is 33.6 Å². The molecule has 0 spiro atoms. The van der Waals surface area contributed by atoms with Gasteiger partial charge in [-0.25, -0.2) is 15.0 Å². The number of pyridine rings is 1. The number of fused-ring (bicyclic) bond motifs is 1. The molecule has 1 aliphatic rings. The summed E-state index contributed by atoms with van der Waals surface area (Å²) in [6, 6.07) is 7.22. The van der Waals surface area contributed by atoms with E-state index in [-0.39, 0.29) is 11.7 Å². The van der Waals surface area contributed by atoms with Crippen molar-refractivity contribution in [3.8, 4) is 12.3 Å². The molecule has 0 radical (unpaired) electrons. The third kappa shape index (κ3) is 6.44. The molecule has 0 unspecified atom stereocenters. The Balaban J connectivity index is 1.43. The van der Waals surface area contributed by atoms with Crippen LogP contribution in [0.1, 0.15) is 12.0 Å². The van der Waals surface area contributed by atoms with E-state index in [0.717, 1.165) is 10.2 Å². The third-order valence-electron chi connectivity index (χ3n) is 5.69. The molecule has 12 heteroatoms. The number of halogens is 1. The van der Waals surface area contributed by atoms with Crippen molar-refractivity contribution in [2.45, 2.75) is 6.42 Å². The average molecular weight is 576 g/mol. The number of anilines is 3. The number of rotatable bonds is 9. The van der Waals surface area contributed by atoms with E-state index in [2.05, 4.69) is 52.4 Å². The number of carbonyl (C=O) groups excluding carboxylic acids is 1. The number of aromatic nitrogens is 3. The first-order valence-corrected chi connectivity index (χ1v) is 12.3. The Morgan fingerprint density at radius 2 is 2.11 bits per heavy atom. The molecular weight excluding hydrogens is 552 g/mol. The van der Waals surface area contributed by atoms with Crippen LogP contribution in [-0.4, -0.2) is 63.7 Å². The largest absolute Gasteiger partial charge is 0.368 e. The summed E-state index contributed by atoms with van der Waals surface area (Å²) in [6.45, 7) is 0.938. The van der Waals surface area contributed by atoms with Crippen molar-refractivity contribution in [3.63, 3.8) is 0 Å². The maximum absolute atomic E-state index is 12.6. The molecule has 0 aliphatic carbocycles. The lowest BCUT2D eigenvalue weighted by Gasteiger charge is -2.28. The van der Waals surface area contributed by atoms with E-state index in [0.29, 0.717) is 57.7 Å². The molecule has 3 aromatic rings. The molecule has 11 nitrogen and oxygen atoms in total. The summed E-state index contributed by atoms with van der Waals surface area (Å²) >= 11 is 3.42. The van der Waals surface area contributed by atoms with Crippen LogP contribution in [0.3, 0.4) is 0 Å². The Kier molecular flexibility index (Phi) is 7.90. The molecule has 1 aromatic carbocycles. The third-order valence-corrected chi connectivity index (χ3v) is 6.38. The van der Waals surface area contributed by atoms with E-state index >= 15 is 0 Å². The molecule has 2 N–H and O–H groups in total. The number of carbonyl (C=O) groups is 1. The van der Waals surface area contributed by atoms with Crippen LogP contribution in [0.4, 0.5) is 17.3 Å². The summed E-state index contributed by atoms with van der Waals surface area (Å²) in [6.07, 6.45) is 13.7. The first-order valence-electron chi connectivity index (χ1n) is 11.5. The monoisotopic (exact) mass is 575 g/mol. The van der Waals surface area contributed by atoms with Gasteiger partial charge in [-0.15, -0.1) is 6.42 Å². The van der Waals surface area contributed by atoms with E-state index in [1.807, 2.05) is 32.3 Å². The molecule has 2 aromatic heterocycles. The predicted molar refractivity (Wildman–Crippen MR) is 149 cm³/mol. The van der Waals surface area contributed by atoms with Crippen molar-refractivity contribution in [2.75, 3.05) is 37.8 Å². The zero-order valence-corrected chi connectivity index (χ0v) is 22.3. The number of hydrogen-bond donors (Lipinski definition) is 2. The number of hydrogen-bond acceptors (Lipinski definition) is 8. The smallest absolute Gasteiger partial charge is 0.358 e. The summed E-state index contributed by atoms with van der Waals surface area (Å²) < 4.78 is 1.24. The number of nitrogens with zero attached hydrogens (tertiary/aromatic N) is 6. The second kappa shape index (κ2) is 11.3. The molecule has 1 amide bonds. The molecule has 0 saturated carbocycles. The Morgan fingerprint density at radius 3 is 2.87 bits per heavy atom. The molecular formula is C26H24BrN8O3+. The van der Waals surface area contributed by atoms with Gasteiger partial charge in [-0.2, -0.15) is 0 Å². The van der Waals surface area contributed by atoms with Crippen molar-refractivity contribution in [1.29, 1.82) is 0 Å². The molecule has 192 valence electrons. The number of terminal acetylenes is 1. The van der Waals surface area contributed by atoms with Gasteiger partial charge < -0.3 is 25.2 Å². The number of quaternary nitrogens is 1. The minimum atomic E-state index is -0.460. The zero-order valence-electron chi connectivity index (χ0n) is 20.7. The fourth-order valence-electron chi connectivity index (χ4n) is 3.91. The van der Waals surface area contributed by atoms with Crippen LogP contribution < -0.4 is 10.6 Å². The Labute approximate surface area is 227 Å². The maximum Gasteiger partial charge on any atom is 0.368 e. The molecule has 0 atom stereocenters. The molecule has 1 aliphatic heterocycles. The van der Waals surface area contributed by atoms with Gasteiger partial charge in [-0.05, 0) is 51.2 Å². The first kappa shape index (κ1) is 26.6. The number of amides is 1. The van der Waals surface area contributed by atoms with Crippen LogP contribution >= 0.6 is 15.9 Å². The Bertz CT molecular complexity index is 1560. The number of nitro groups is 1. The summed E-state index contributed by atoms with van der Waals surface area (Å²) in [5.74, 6) is 3.04. The number of benzene rings is 1. The molecule has 4 rings (SSSR count). The van der Waals surface area contributed by atoms with Crippen molar-refractivity contribution >= 4 is 56.3 Å². The van der Waals surface area contributed by atoms with Crippen molar-refractivity contribution < 1.29 is 14.2 Å². The number of nitrogens with one attached hydrogen (secondary N) is 2. The van der Waals surface area contributed by atoms with Crippen LogP contribution in [-0.2, 0) is 4.79 Å². The molecule has 0 bridgehead atoms. The van der Waals surface area contributed by atoms with Gasteiger partial charge in [0.1, 0.15) is 30.7 Å². The molecule has 3 heterocycles. The number of aliphatic imine (C=N–C) groups is 1. The van der Waals surface area contributed by atoms with Crippen molar-refractivity contribution in [2.24, 2.45) is 4.99 Å². The van der Waals surface area contributed by atoms with Crippen LogP contribution in [0, 0.1) is 22.5 Å². The van der Waals surface area contributed by atoms with E-state index in [4.69, 9.17) is 6.42 Å². The highest BCUT2D eigenvalue weighted by molar-refractivity contribution is 9.10. The van der Waals surface area contributed by atoms with Gasteiger partial charge in [-0.3, -0.25) is 4.79 Å². The Morgan fingerprint density at radius 1 is 1.29 bits per heavy atom. The van der Waals surface area contributed by atoms with Crippen LogP contribution in [0.15, 0.2) is 69.8 Å². The van der Waals surface area contributed by atoms with Gasteiger partial charge in [0.15, 0.2) is 0 Å². The number of likely N-dealkylation sites (N-methyl/N-ethyl adjacent to an activating group) is 1. The fourth-order valence-corrected chi connectivity index (χ4v) is 4.27. The second-order valence-electron chi connectivity index (χ2n) is 9.14. The quantitative estimate of drug-likeness (QED) is 0.129. The molecule has 0 fully saturated rings. The molecule has 0 saturated heterocycles. The highest BCUT2D eigenvalue weighted by Crippen LogP contribution is 2.27. The Hall–Kier alpha value is -4.47. The van der Waals surface area contributed by atoms with Crippen molar-refractivity contribution in [3.05, 3.63) is 80.5 Å². The fraction of sp³-hybridized carbons (Fsp3) is 0.192. The van der Waals surface area contributed by atoms with Gasteiger partial charge in [-0.1, -0.05) is 10.9 Å². The topological polar surface area (TPSA) is 135 Å². The second-order valence-corrected chi connectivity index (χ2v) is 10.00. The van der Waals surface area contributed by atoms with Gasteiger partial charge >= 0.3 is 5.82 Å². The van der Waals surface area contributed by atoms with Gasteiger partial charge in [0.2, 0.25) is 5.91 Å². The summed E-state index contributed by atoms with van der Waals surface area (Å²) in [5.41, 5.74) is 2.72. The van der Waals surface area contributed by atoms with Gasteiger partial charge in [0.25, 0.3) is 0 Å². The van der Waals surface area contributed by atoms with E-state index in [1.165, 1.54) is 12.4 Å².